The molecule has 1 heterocycles. The summed E-state index contributed by atoms with van der Waals surface area (Å²) in [6.45, 7) is 5.12. The second kappa shape index (κ2) is 5.33. The first-order valence-electron chi connectivity index (χ1n) is 6.86. The standard InChI is InChI=1S/C18H18N2/c1-13-8-14(2)10-15(9-13)11-20-18-5-3-4-16-12-19-7-6-17(16)18/h3-10,12,20H,11H2,1-2H3. The fourth-order valence-corrected chi connectivity index (χ4v) is 2.65. The van der Waals surface area contributed by atoms with Gasteiger partial charge in [-0.1, -0.05) is 41.5 Å². The molecule has 0 aliphatic carbocycles. The molecule has 1 aromatic heterocycles. The summed E-state index contributed by atoms with van der Waals surface area (Å²) in [6.07, 6.45) is 3.74. The summed E-state index contributed by atoms with van der Waals surface area (Å²) >= 11 is 0. The molecule has 0 aliphatic rings. The monoisotopic (exact) mass is 262 g/mol. The first-order chi connectivity index (χ1) is 9.72. The molecule has 0 aliphatic heterocycles. The van der Waals surface area contributed by atoms with E-state index in [9.17, 15) is 0 Å². The van der Waals surface area contributed by atoms with Crippen LogP contribution in [0.1, 0.15) is 16.7 Å². The maximum atomic E-state index is 4.17. The van der Waals surface area contributed by atoms with E-state index in [2.05, 4.69) is 66.6 Å². The Hall–Kier alpha value is -2.35. The van der Waals surface area contributed by atoms with Crippen LogP contribution in [-0.4, -0.2) is 4.98 Å². The zero-order valence-corrected chi connectivity index (χ0v) is 11.9. The second-order valence-corrected chi connectivity index (χ2v) is 5.25. The highest BCUT2D eigenvalue weighted by atomic mass is 14.9. The van der Waals surface area contributed by atoms with E-state index in [1.807, 2.05) is 12.4 Å². The Morgan fingerprint density at radius 3 is 2.60 bits per heavy atom. The van der Waals surface area contributed by atoms with Crippen molar-refractivity contribution in [1.29, 1.82) is 0 Å². The number of nitrogens with zero attached hydrogens (tertiary/aromatic N) is 1. The largest absolute Gasteiger partial charge is 0.380 e. The van der Waals surface area contributed by atoms with Crippen molar-refractivity contribution in [3.05, 3.63) is 71.5 Å². The van der Waals surface area contributed by atoms with Gasteiger partial charge in [0, 0.05) is 35.4 Å². The lowest BCUT2D eigenvalue weighted by molar-refractivity contribution is 1.13. The van der Waals surface area contributed by atoms with Crippen LogP contribution in [0.25, 0.3) is 10.8 Å². The summed E-state index contributed by atoms with van der Waals surface area (Å²) in [5.74, 6) is 0. The molecule has 0 amide bonds. The van der Waals surface area contributed by atoms with Crippen molar-refractivity contribution in [2.45, 2.75) is 20.4 Å². The molecule has 1 N–H and O–H groups in total. The predicted octanol–water partition coefficient (Wildman–Crippen LogP) is 4.46. The van der Waals surface area contributed by atoms with E-state index < -0.39 is 0 Å². The van der Waals surface area contributed by atoms with Crippen LogP contribution in [-0.2, 0) is 6.54 Å². The molecule has 0 saturated carbocycles. The summed E-state index contributed by atoms with van der Waals surface area (Å²) in [5, 5.41) is 5.91. The van der Waals surface area contributed by atoms with E-state index >= 15 is 0 Å². The molecule has 2 heteroatoms. The average molecular weight is 262 g/mol. The van der Waals surface area contributed by atoms with E-state index in [0.29, 0.717) is 0 Å². The molecular weight excluding hydrogens is 244 g/mol. The highest BCUT2D eigenvalue weighted by molar-refractivity contribution is 5.93. The number of aryl methyl sites for hydroxylation is 2. The van der Waals surface area contributed by atoms with Crippen molar-refractivity contribution in [1.82, 2.24) is 4.98 Å². The maximum absolute atomic E-state index is 4.17. The second-order valence-electron chi connectivity index (χ2n) is 5.25. The normalized spacial score (nSPS) is 10.7. The van der Waals surface area contributed by atoms with Crippen LogP contribution >= 0.6 is 0 Å². The number of rotatable bonds is 3. The van der Waals surface area contributed by atoms with E-state index in [1.165, 1.54) is 22.1 Å². The molecule has 0 saturated heterocycles. The van der Waals surface area contributed by atoms with Gasteiger partial charge in [0.05, 0.1) is 0 Å². The van der Waals surface area contributed by atoms with E-state index in [4.69, 9.17) is 0 Å². The quantitative estimate of drug-likeness (QED) is 0.753. The Bertz CT molecular complexity index is 722. The zero-order chi connectivity index (χ0) is 13.9. The summed E-state index contributed by atoms with van der Waals surface area (Å²) in [7, 11) is 0. The van der Waals surface area contributed by atoms with Crippen LogP contribution in [0.3, 0.4) is 0 Å². The number of benzene rings is 2. The Labute approximate surface area is 119 Å². The van der Waals surface area contributed by atoms with E-state index in [-0.39, 0.29) is 0 Å². The van der Waals surface area contributed by atoms with Gasteiger partial charge < -0.3 is 5.32 Å². The van der Waals surface area contributed by atoms with Gasteiger partial charge in [-0.05, 0) is 31.5 Å². The fourth-order valence-electron chi connectivity index (χ4n) is 2.65. The summed E-state index contributed by atoms with van der Waals surface area (Å²) in [6, 6.07) is 15.0. The fraction of sp³-hybridized carbons (Fsp3) is 0.167. The Morgan fingerprint density at radius 2 is 1.80 bits per heavy atom. The lowest BCUT2D eigenvalue weighted by atomic mass is 10.1. The summed E-state index contributed by atoms with van der Waals surface area (Å²) in [4.78, 5) is 4.17. The van der Waals surface area contributed by atoms with Crippen LogP contribution in [0.5, 0.6) is 0 Å². The molecule has 0 bridgehead atoms. The first-order valence-corrected chi connectivity index (χ1v) is 6.86. The third-order valence-corrected chi connectivity index (χ3v) is 3.45. The molecule has 2 aromatic carbocycles. The highest BCUT2D eigenvalue weighted by Crippen LogP contribution is 2.23. The van der Waals surface area contributed by atoms with E-state index in [1.54, 1.807) is 0 Å². The van der Waals surface area contributed by atoms with Gasteiger partial charge in [0.1, 0.15) is 0 Å². The lowest BCUT2D eigenvalue weighted by Crippen LogP contribution is -2.00. The van der Waals surface area contributed by atoms with Crippen LogP contribution in [0.2, 0.25) is 0 Å². The molecule has 0 atom stereocenters. The SMILES string of the molecule is Cc1cc(C)cc(CNc2cccc3cnccc23)c1. The number of fused-ring (bicyclic) bond motifs is 1. The minimum Gasteiger partial charge on any atom is -0.380 e. The molecule has 3 rings (SSSR count). The topological polar surface area (TPSA) is 24.9 Å². The van der Waals surface area contributed by atoms with Gasteiger partial charge >= 0.3 is 0 Å². The number of nitrogens with one attached hydrogen (secondary N) is 1. The molecule has 2 nitrogen and oxygen atoms in total. The number of pyridine rings is 1. The van der Waals surface area contributed by atoms with Crippen LogP contribution in [0.4, 0.5) is 5.69 Å². The predicted molar refractivity (Wildman–Crippen MR) is 85.0 cm³/mol. The molecular formula is C18H18N2. The van der Waals surface area contributed by atoms with Gasteiger partial charge in [0.15, 0.2) is 0 Å². The molecule has 20 heavy (non-hydrogen) atoms. The third-order valence-electron chi connectivity index (χ3n) is 3.45. The van der Waals surface area contributed by atoms with Gasteiger partial charge in [-0.15, -0.1) is 0 Å². The molecule has 0 unspecified atom stereocenters. The Morgan fingerprint density at radius 1 is 1.00 bits per heavy atom. The lowest BCUT2D eigenvalue weighted by Gasteiger charge is -2.11. The van der Waals surface area contributed by atoms with Crippen molar-refractivity contribution in [3.8, 4) is 0 Å². The number of hydrogen-bond donors (Lipinski definition) is 1. The van der Waals surface area contributed by atoms with E-state index in [0.717, 1.165) is 17.6 Å². The van der Waals surface area contributed by atoms with Crippen LogP contribution < -0.4 is 5.32 Å². The van der Waals surface area contributed by atoms with Gasteiger partial charge in [0.2, 0.25) is 0 Å². The van der Waals surface area contributed by atoms with Crippen molar-refractivity contribution in [3.63, 3.8) is 0 Å². The number of aromatic nitrogens is 1. The Kier molecular flexibility index (Phi) is 3.38. The van der Waals surface area contributed by atoms with Crippen LogP contribution in [0, 0.1) is 13.8 Å². The first kappa shape index (κ1) is 12.7. The highest BCUT2D eigenvalue weighted by Gasteiger charge is 2.01. The molecule has 0 fully saturated rings. The number of hydrogen-bond acceptors (Lipinski definition) is 2. The van der Waals surface area contributed by atoms with Crippen molar-refractivity contribution < 1.29 is 0 Å². The average Bonchev–Trinajstić information content (AvgIpc) is 2.44. The maximum Gasteiger partial charge on any atom is 0.0423 e. The van der Waals surface area contributed by atoms with Crippen molar-refractivity contribution >= 4 is 16.5 Å². The zero-order valence-electron chi connectivity index (χ0n) is 11.9. The molecule has 0 radical (unpaired) electrons. The third kappa shape index (κ3) is 2.64. The smallest absolute Gasteiger partial charge is 0.0423 e. The van der Waals surface area contributed by atoms with Gasteiger partial charge in [-0.3, -0.25) is 4.98 Å². The summed E-state index contributed by atoms with van der Waals surface area (Å²) in [5.41, 5.74) is 5.09. The van der Waals surface area contributed by atoms with Gasteiger partial charge in [-0.2, -0.15) is 0 Å². The van der Waals surface area contributed by atoms with Crippen molar-refractivity contribution in [2.75, 3.05) is 5.32 Å². The minimum atomic E-state index is 0.837. The molecule has 0 spiro atoms. The Balaban J connectivity index is 1.87. The van der Waals surface area contributed by atoms with Gasteiger partial charge in [0.25, 0.3) is 0 Å². The van der Waals surface area contributed by atoms with Crippen molar-refractivity contribution in [2.24, 2.45) is 0 Å². The van der Waals surface area contributed by atoms with Crippen LogP contribution in [0.15, 0.2) is 54.9 Å². The molecule has 100 valence electrons. The molecule has 3 aromatic rings. The number of anilines is 1. The van der Waals surface area contributed by atoms with Gasteiger partial charge in [-0.25, -0.2) is 0 Å². The summed E-state index contributed by atoms with van der Waals surface area (Å²) < 4.78 is 0. The minimum absolute atomic E-state index is 0.837.